The number of hydrogen-bond acceptors (Lipinski definition) is 6. The van der Waals surface area contributed by atoms with Crippen LogP contribution in [0.2, 0.25) is 0 Å². The van der Waals surface area contributed by atoms with Gasteiger partial charge in [-0.25, -0.2) is 0 Å². The van der Waals surface area contributed by atoms with Crippen LogP contribution in [0.1, 0.15) is 13.8 Å². The largest absolute Gasteiger partial charge is 0.480 e. The molecule has 1 fully saturated rings. The van der Waals surface area contributed by atoms with Gasteiger partial charge in [-0.1, -0.05) is 13.8 Å². The van der Waals surface area contributed by atoms with Gasteiger partial charge in [0, 0.05) is 59.4 Å². The number of aliphatic carboxylic acids is 1. The molecule has 0 aromatic carbocycles. The Morgan fingerprint density at radius 1 is 0.760 bits per heavy atom. The maximum absolute atomic E-state index is 11.8. The second-order valence-corrected chi connectivity index (χ2v) is 6.49. The van der Waals surface area contributed by atoms with Gasteiger partial charge in [0.15, 0.2) is 0 Å². The Morgan fingerprint density at radius 3 is 1.44 bits per heavy atom. The Bertz CT molecular complexity index is 388. The molecule has 2 N–H and O–H groups in total. The maximum Gasteiger partial charge on any atom is 0.317 e. The predicted molar refractivity (Wildman–Crippen MR) is 98.8 cm³/mol. The third-order valence-corrected chi connectivity index (χ3v) is 4.83. The third-order valence-electron chi connectivity index (χ3n) is 4.83. The quantitative estimate of drug-likeness (QED) is 0.636. The van der Waals surface area contributed by atoms with Crippen molar-refractivity contribution in [1.82, 2.24) is 24.9 Å². The van der Waals surface area contributed by atoms with Crippen LogP contribution in [0, 0.1) is 0 Å². The summed E-state index contributed by atoms with van der Waals surface area (Å²) in [5.74, 6) is -0.722. The van der Waals surface area contributed by atoms with Crippen molar-refractivity contribution < 1.29 is 14.7 Å². The average Bonchev–Trinajstić information content (AvgIpc) is 2.59. The molecule has 8 nitrogen and oxygen atoms in total. The molecule has 1 aliphatic heterocycles. The fourth-order valence-electron chi connectivity index (χ4n) is 3.00. The van der Waals surface area contributed by atoms with Gasteiger partial charge in [-0.15, -0.1) is 0 Å². The van der Waals surface area contributed by atoms with Gasteiger partial charge in [-0.2, -0.15) is 0 Å². The van der Waals surface area contributed by atoms with Gasteiger partial charge in [-0.3, -0.25) is 19.4 Å². The van der Waals surface area contributed by atoms with Gasteiger partial charge < -0.3 is 20.2 Å². The highest BCUT2D eigenvalue weighted by molar-refractivity contribution is 5.77. The fourth-order valence-corrected chi connectivity index (χ4v) is 3.00. The zero-order valence-corrected chi connectivity index (χ0v) is 16.0. The van der Waals surface area contributed by atoms with E-state index in [4.69, 9.17) is 5.11 Å². The van der Waals surface area contributed by atoms with E-state index < -0.39 is 5.97 Å². The molecule has 1 amide bonds. The van der Waals surface area contributed by atoms with Crippen molar-refractivity contribution in [3.63, 3.8) is 0 Å². The Hall–Kier alpha value is -1.22. The highest BCUT2D eigenvalue weighted by atomic mass is 16.4. The summed E-state index contributed by atoms with van der Waals surface area (Å²) in [5, 5.41) is 11.8. The molecular formula is C17H35N5O3. The molecule has 146 valence electrons. The van der Waals surface area contributed by atoms with E-state index in [0.29, 0.717) is 6.54 Å². The van der Waals surface area contributed by atoms with E-state index in [1.165, 1.54) is 0 Å². The minimum Gasteiger partial charge on any atom is -0.480 e. The van der Waals surface area contributed by atoms with E-state index in [1.807, 2.05) is 4.90 Å². The highest BCUT2D eigenvalue weighted by Gasteiger charge is 2.17. The molecule has 8 heteroatoms. The molecule has 0 radical (unpaired) electrons. The normalized spacial score (nSPS) is 20.6. The van der Waals surface area contributed by atoms with E-state index in [9.17, 15) is 9.59 Å². The molecule has 1 aliphatic rings. The molecule has 25 heavy (non-hydrogen) atoms. The van der Waals surface area contributed by atoms with Crippen molar-refractivity contribution in [2.45, 2.75) is 13.8 Å². The fraction of sp³-hybridized carbons (Fsp3) is 0.882. The highest BCUT2D eigenvalue weighted by Crippen LogP contribution is 2.00. The number of carboxylic acid groups (broad SMARTS) is 1. The van der Waals surface area contributed by atoms with Crippen molar-refractivity contribution in [3.05, 3.63) is 0 Å². The monoisotopic (exact) mass is 357 g/mol. The molecule has 0 bridgehead atoms. The Balaban J connectivity index is 2.73. The van der Waals surface area contributed by atoms with Crippen LogP contribution in [0.25, 0.3) is 0 Å². The second kappa shape index (κ2) is 12.2. The number of rotatable bonds is 6. The predicted octanol–water partition coefficient (Wildman–Crippen LogP) is -0.922. The number of likely N-dealkylation sites (N-methyl/N-ethyl adjacent to an activating group) is 3. The van der Waals surface area contributed by atoms with Gasteiger partial charge in [-0.05, 0) is 13.1 Å². The van der Waals surface area contributed by atoms with Gasteiger partial charge in [0.25, 0.3) is 0 Å². The van der Waals surface area contributed by atoms with E-state index in [2.05, 4.69) is 33.9 Å². The van der Waals surface area contributed by atoms with Crippen LogP contribution in [0.5, 0.6) is 0 Å². The smallest absolute Gasteiger partial charge is 0.317 e. The Labute approximate surface area is 151 Å². The van der Waals surface area contributed by atoms with Gasteiger partial charge in [0.2, 0.25) is 5.91 Å². The van der Waals surface area contributed by atoms with Crippen LogP contribution in [-0.4, -0.2) is 122 Å². The number of nitrogens with zero attached hydrogens (tertiary/aromatic N) is 4. The lowest BCUT2D eigenvalue weighted by Crippen LogP contribution is -2.48. The molecule has 0 aliphatic carbocycles. The SMILES string of the molecule is CCN1CCN(CC(=O)O)CCN(CC)CCN(CC(=O)NC)CC1. The molecule has 0 atom stereocenters. The summed E-state index contributed by atoms with van der Waals surface area (Å²) in [6.07, 6.45) is 0. The number of hydrogen-bond donors (Lipinski definition) is 2. The van der Waals surface area contributed by atoms with Crippen molar-refractivity contribution in [2.24, 2.45) is 0 Å². The molecule has 0 unspecified atom stereocenters. The minimum absolute atomic E-state index is 0.0471. The molecule has 1 rings (SSSR count). The molecule has 0 aromatic rings. The number of carbonyl (C=O) groups excluding carboxylic acids is 1. The molecule has 0 spiro atoms. The first-order valence-corrected chi connectivity index (χ1v) is 9.30. The first-order chi connectivity index (χ1) is 12.0. The number of carbonyl (C=O) groups is 2. The van der Waals surface area contributed by atoms with Crippen LogP contribution < -0.4 is 5.32 Å². The minimum atomic E-state index is -0.769. The standard InChI is InChI=1S/C17H35N5O3/c1-4-19-6-10-21(14-16(23)18-3)11-7-20(5-2)9-13-22(12-8-19)15-17(24)25/h4-15H2,1-3H3,(H,18,23)(H,24,25). The van der Waals surface area contributed by atoms with Crippen LogP contribution in [0.3, 0.4) is 0 Å². The second-order valence-electron chi connectivity index (χ2n) is 6.49. The molecular weight excluding hydrogens is 322 g/mol. The van der Waals surface area contributed by atoms with Crippen molar-refractivity contribution in [1.29, 1.82) is 0 Å². The van der Waals surface area contributed by atoms with E-state index in [1.54, 1.807) is 7.05 Å². The number of carboxylic acids is 1. The number of amides is 1. The lowest BCUT2D eigenvalue weighted by Gasteiger charge is -2.33. The summed E-state index contributed by atoms with van der Waals surface area (Å²) < 4.78 is 0. The summed E-state index contributed by atoms with van der Waals surface area (Å²) in [6.45, 7) is 13.3. The summed E-state index contributed by atoms with van der Waals surface area (Å²) in [5.41, 5.74) is 0. The lowest BCUT2D eigenvalue weighted by atomic mass is 10.3. The van der Waals surface area contributed by atoms with Crippen molar-refractivity contribution in [2.75, 3.05) is 85.6 Å². The summed E-state index contributed by atoms with van der Waals surface area (Å²) in [4.78, 5) is 31.7. The van der Waals surface area contributed by atoms with Crippen LogP contribution >= 0.6 is 0 Å². The van der Waals surface area contributed by atoms with Crippen LogP contribution in [0.15, 0.2) is 0 Å². The van der Waals surface area contributed by atoms with Gasteiger partial charge in [0.1, 0.15) is 0 Å². The van der Waals surface area contributed by atoms with Crippen molar-refractivity contribution in [3.8, 4) is 0 Å². The van der Waals surface area contributed by atoms with Crippen molar-refractivity contribution >= 4 is 11.9 Å². The zero-order chi connectivity index (χ0) is 18.7. The lowest BCUT2D eigenvalue weighted by molar-refractivity contribution is -0.138. The summed E-state index contributed by atoms with van der Waals surface area (Å²) in [7, 11) is 1.67. The summed E-state index contributed by atoms with van der Waals surface area (Å²) >= 11 is 0. The van der Waals surface area contributed by atoms with Gasteiger partial charge in [0.05, 0.1) is 13.1 Å². The molecule has 1 saturated heterocycles. The third kappa shape index (κ3) is 9.15. The van der Waals surface area contributed by atoms with Crippen LogP contribution in [0.4, 0.5) is 0 Å². The first-order valence-electron chi connectivity index (χ1n) is 9.30. The Kier molecular flexibility index (Phi) is 10.6. The number of nitrogens with one attached hydrogen (secondary N) is 1. The average molecular weight is 357 g/mol. The molecule has 0 aromatic heterocycles. The topological polar surface area (TPSA) is 79.4 Å². The van der Waals surface area contributed by atoms with E-state index in [0.717, 1.165) is 65.4 Å². The zero-order valence-electron chi connectivity index (χ0n) is 16.0. The van der Waals surface area contributed by atoms with Gasteiger partial charge >= 0.3 is 5.97 Å². The van der Waals surface area contributed by atoms with E-state index >= 15 is 0 Å². The van der Waals surface area contributed by atoms with E-state index in [-0.39, 0.29) is 12.5 Å². The first kappa shape index (κ1) is 21.8. The summed E-state index contributed by atoms with van der Waals surface area (Å²) in [6, 6.07) is 0. The Morgan fingerprint density at radius 2 is 1.12 bits per heavy atom. The van der Waals surface area contributed by atoms with Crippen LogP contribution in [-0.2, 0) is 9.59 Å². The molecule has 0 saturated carbocycles. The molecule has 1 heterocycles. The maximum atomic E-state index is 11.8.